The summed E-state index contributed by atoms with van der Waals surface area (Å²) in [6, 6.07) is 16.0. The summed E-state index contributed by atoms with van der Waals surface area (Å²) in [5.74, 6) is 3.53. The van der Waals surface area contributed by atoms with Crippen LogP contribution >= 0.6 is 0 Å². The minimum absolute atomic E-state index is 0.0578. The highest BCUT2D eigenvalue weighted by atomic mass is 16.5. The Morgan fingerprint density at radius 3 is 2.35 bits per heavy atom. The van der Waals surface area contributed by atoms with Gasteiger partial charge in [0.15, 0.2) is 11.5 Å². The van der Waals surface area contributed by atoms with Crippen molar-refractivity contribution in [2.24, 2.45) is 0 Å². The highest BCUT2D eigenvalue weighted by Crippen LogP contribution is 2.44. The maximum absolute atomic E-state index is 13.2. The third-order valence-electron chi connectivity index (χ3n) is 8.60. The van der Waals surface area contributed by atoms with Crippen LogP contribution in [-0.4, -0.2) is 85.9 Å². The molecule has 0 unspecified atom stereocenters. The largest absolute Gasteiger partial charge is 0.493 e. The number of nitrogens with one attached hydrogen (secondary N) is 1. The van der Waals surface area contributed by atoms with Gasteiger partial charge in [0, 0.05) is 56.1 Å². The maximum Gasteiger partial charge on any atom is 0.251 e. The molecule has 1 N–H and O–H groups in total. The number of fused-ring (bicyclic) bond motifs is 1. The summed E-state index contributed by atoms with van der Waals surface area (Å²) in [4.78, 5) is 27.5. The molecule has 0 spiro atoms. The second-order valence-corrected chi connectivity index (χ2v) is 11.1. The number of aromatic nitrogens is 3. The molecular formula is C33H40N6O4. The van der Waals surface area contributed by atoms with Gasteiger partial charge in [0.25, 0.3) is 5.91 Å². The number of anilines is 1. The number of carbonyl (C=O) groups excluding carboxylic acids is 1. The average molecular weight is 585 g/mol. The first kappa shape index (κ1) is 28.8. The van der Waals surface area contributed by atoms with Crippen LogP contribution in [0, 0.1) is 0 Å². The molecule has 1 amide bonds. The molecule has 4 aromatic rings. The minimum Gasteiger partial charge on any atom is -0.493 e. The highest BCUT2D eigenvalue weighted by Gasteiger charge is 2.27. The number of nitrogens with zero attached hydrogens (tertiary/aromatic N) is 5. The van der Waals surface area contributed by atoms with Crippen molar-refractivity contribution in [1.29, 1.82) is 0 Å². The predicted molar refractivity (Wildman–Crippen MR) is 168 cm³/mol. The Kier molecular flexibility index (Phi) is 8.64. The van der Waals surface area contributed by atoms with Crippen molar-refractivity contribution in [3.05, 3.63) is 60.3 Å². The van der Waals surface area contributed by atoms with Crippen molar-refractivity contribution >= 4 is 22.8 Å². The molecule has 43 heavy (non-hydrogen) atoms. The molecule has 2 fully saturated rings. The van der Waals surface area contributed by atoms with E-state index in [2.05, 4.69) is 30.7 Å². The van der Waals surface area contributed by atoms with Crippen molar-refractivity contribution in [2.75, 3.05) is 65.5 Å². The van der Waals surface area contributed by atoms with E-state index in [0.29, 0.717) is 35.4 Å². The fraction of sp³-hybridized carbons (Fsp3) is 0.424. The SMILES string of the molecule is COc1cc(-c2nc3ccc(C(=O)NCCCN4CCN(c5ccccn5)CC4)cc3n2C2CCC2)cc(OC)c1OC. The molecular weight excluding hydrogens is 544 g/mol. The van der Waals surface area contributed by atoms with E-state index in [4.69, 9.17) is 19.2 Å². The summed E-state index contributed by atoms with van der Waals surface area (Å²) in [6.07, 6.45) is 6.09. The first-order valence-electron chi connectivity index (χ1n) is 15.1. The second kappa shape index (κ2) is 12.9. The van der Waals surface area contributed by atoms with Gasteiger partial charge in [-0.1, -0.05) is 6.07 Å². The van der Waals surface area contributed by atoms with Gasteiger partial charge < -0.3 is 29.0 Å². The Labute approximate surface area is 252 Å². The summed E-state index contributed by atoms with van der Waals surface area (Å²) in [7, 11) is 4.83. The molecule has 2 aromatic heterocycles. The van der Waals surface area contributed by atoms with Gasteiger partial charge in [-0.25, -0.2) is 9.97 Å². The topological polar surface area (TPSA) is 94.0 Å². The number of pyridine rings is 1. The van der Waals surface area contributed by atoms with E-state index in [1.165, 1.54) is 6.42 Å². The van der Waals surface area contributed by atoms with Crippen LogP contribution in [0.5, 0.6) is 17.2 Å². The molecule has 2 aromatic carbocycles. The molecule has 1 saturated heterocycles. The first-order chi connectivity index (χ1) is 21.1. The molecule has 2 aliphatic rings. The number of hydrogen-bond acceptors (Lipinski definition) is 8. The van der Waals surface area contributed by atoms with E-state index >= 15 is 0 Å². The van der Waals surface area contributed by atoms with Crippen molar-refractivity contribution < 1.29 is 19.0 Å². The number of hydrogen-bond donors (Lipinski definition) is 1. The first-order valence-corrected chi connectivity index (χ1v) is 15.1. The molecule has 0 bridgehead atoms. The zero-order valence-electron chi connectivity index (χ0n) is 25.2. The number of amides is 1. The number of piperazine rings is 1. The third kappa shape index (κ3) is 5.97. The van der Waals surface area contributed by atoms with Crippen LogP contribution in [0.15, 0.2) is 54.7 Å². The van der Waals surface area contributed by atoms with Crippen molar-refractivity contribution in [2.45, 2.75) is 31.7 Å². The van der Waals surface area contributed by atoms with Crippen molar-refractivity contribution in [3.63, 3.8) is 0 Å². The van der Waals surface area contributed by atoms with Crippen LogP contribution in [0.25, 0.3) is 22.4 Å². The van der Waals surface area contributed by atoms with E-state index in [1.54, 1.807) is 21.3 Å². The molecule has 0 atom stereocenters. The lowest BCUT2D eigenvalue weighted by Crippen LogP contribution is -2.47. The van der Waals surface area contributed by atoms with Gasteiger partial charge in [-0.2, -0.15) is 0 Å². The van der Waals surface area contributed by atoms with Gasteiger partial charge in [0.05, 0.1) is 32.4 Å². The molecule has 1 aliphatic heterocycles. The Morgan fingerprint density at radius 1 is 0.953 bits per heavy atom. The van der Waals surface area contributed by atoms with Crippen LogP contribution in [0.3, 0.4) is 0 Å². The van der Waals surface area contributed by atoms with Gasteiger partial charge >= 0.3 is 0 Å². The van der Waals surface area contributed by atoms with Crippen LogP contribution < -0.4 is 24.4 Å². The summed E-state index contributed by atoms with van der Waals surface area (Å²) in [5.41, 5.74) is 3.35. The van der Waals surface area contributed by atoms with Gasteiger partial charge in [-0.15, -0.1) is 0 Å². The molecule has 226 valence electrons. The number of rotatable bonds is 11. The summed E-state index contributed by atoms with van der Waals surface area (Å²) in [6.45, 7) is 5.53. The van der Waals surface area contributed by atoms with E-state index < -0.39 is 0 Å². The fourth-order valence-electron chi connectivity index (χ4n) is 6.01. The van der Waals surface area contributed by atoms with Gasteiger partial charge in [-0.05, 0) is 74.7 Å². The van der Waals surface area contributed by atoms with E-state index in [1.807, 2.05) is 48.7 Å². The molecule has 3 heterocycles. The van der Waals surface area contributed by atoms with Crippen molar-refractivity contribution in [1.82, 2.24) is 24.8 Å². The number of benzene rings is 2. The Balaban J connectivity index is 1.13. The molecule has 6 rings (SSSR count). The number of carbonyl (C=O) groups is 1. The van der Waals surface area contributed by atoms with Crippen LogP contribution in [0.1, 0.15) is 42.1 Å². The minimum atomic E-state index is -0.0578. The van der Waals surface area contributed by atoms with E-state index in [-0.39, 0.29) is 5.91 Å². The molecule has 10 heteroatoms. The zero-order valence-corrected chi connectivity index (χ0v) is 25.2. The molecule has 1 saturated carbocycles. The lowest BCUT2D eigenvalue weighted by molar-refractivity contribution is 0.0951. The lowest BCUT2D eigenvalue weighted by Gasteiger charge is -2.35. The Morgan fingerprint density at radius 2 is 1.72 bits per heavy atom. The normalized spacial score (nSPS) is 15.7. The van der Waals surface area contributed by atoms with E-state index in [0.717, 1.165) is 80.2 Å². The number of ether oxygens (including phenoxy) is 3. The van der Waals surface area contributed by atoms with Crippen LogP contribution in [-0.2, 0) is 0 Å². The Bertz CT molecular complexity index is 1540. The quantitative estimate of drug-likeness (QED) is 0.252. The zero-order chi connectivity index (χ0) is 29.8. The van der Waals surface area contributed by atoms with Gasteiger partial charge in [0.2, 0.25) is 5.75 Å². The van der Waals surface area contributed by atoms with Crippen LogP contribution in [0.4, 0.5) is 5.82 Å². The van der Waals surface area contributed by atoms with Crippen molar-refractivity contribution in [3.8, 4) is 28.6 Å². The average Bonchev–Trinajstić information content (AvgIpc) is 3.40. The van der Waals surface area contributed by atoms with Gasteiger partial charge in [-0.3, -0.25) is 9.69 Å². The summed E-state index contributed by atoms with van der Waals surface area (Å²) < 4.78 is 19.0. The maximum atomic E-state index is 13.2. The number of imidazole rings is 1. The molecule has 10 nitrogen and oxygen atoms in total. The predicted octanol–water partition coefficient (Wildman–Crippen LogP) is 4.79. The van der Waals surface area contributed by atoms with E-state index in [9.17, 15) is 4.79 Å². The second-order valence-electron chi connectivity index (χ2n) is 11.1. The highest BCUT2D eigenvalue weighted by molar-refractivity contribution is 5.98. The van der Waals surface area contributed by atoms with Gasteiger partial charge in [0.1, 0.15) is 11.6 Å². The van der Waals surface area contributed by atoms with Crippen LogP contribution in [0.2, 0.25) is 0 Å². The third-order valence-corrected chi connectivity index (χ3v) is 8.60. The molecule has 1 aliphatic carbocycles. The fourth-order valence-corrected chi connectivity index (χ4v) is 6.01. The lowest BCUT2D eigenvalue weighted by atomic mass is 9.92. The number of methoxy groups -OCH3 is 3. The standard InChI is InChI=1S/C33H40N6O4/c1-41-28-21-24(22-29(42-2)31(28)43-3)32-36-26-12-11-23(20-27(26)39(32)25-8-6-9-25)33(40)35-14-7-15-37-16-18-38(19-17-37)30-10-4-5-13-34-30/h4-5,10-13,20-22,25H,6-9,14-19H2,1-3H3,(H,35,40). The summed E-state index contributed by atoms with van der Waals surface area (Å²) >= 11 is 0. The smallest absolute Gasteiger partial charge is 0.251 e. The molecule has 0 radical (unpaired) electrons. The monoisotopic (exact) mass is 584 g/mol. The Hall–Kier alpha value is -4.31. The summed E-state index contributed by atoms with van der Waals surface area (Å²) in [5, 5.41) is 3.13.